The lowest BCUT2D eigenvalue weighted by atomic mass is 10.0. The summed E-state index contributed by atoms with van der Waals surface area (Å²) in [7, 11) is 0. The van der Waals surface area contributed by atoms with E-state index in [1.807, 2.05) is 6.92 Å². The second kappa shape index (κ2) is 2.67. The standard InChI is InChI=1S/C7H14O2/c1-3-7-5(2)6(8)4-9-7/h5-8H,3-4H2,1-2H3/t5-,6?,7-/m1/s1. The Morgan fingerprint density at radius 2 is 2.33 bits per heavy atom. The highest BCUT2D eigenvalue weighted by Gasteiger charge is 2.30. The fraction of sp³-hybridized carbons (Fsp3) is 1.00. The largest absolute Gasteiger partial charge is 0.390 e. The lowest BCUT2D eigenvalue weighted by molar-refractivity contribution is 0.0843. The first-order valence-corrected chi connectivity index (χ1v) is 3.55. The third-order valence-corrected chi connectivity index (χ3v) is 2.08. The molecule has 0 radical (unpaired) electrons. The molecule has 0 spiro atoms. The Balaban J connectivity index is 2.41. The van der Waals surface area contributed by atoms with E-state index in [1.165, 1.54) is 0 Å². The maximum Gasteiger partial charge on any atom is 0.0823 e. The van der Waals surface area contributed by atoms with Crippen LogP contribution >= 0.6 is 0 Å². The number of aliphatic hydroxyl groups excluding tert-OH is 1. The van der Waals surface area contributed by atoms with E-state index in [1.54, 1.807) is 0 Å². The highest BCUT2D eigenvalue weighted by Crippen LogP contribution is 2.22. The monoisotopic (exact) mass is 130 g/mol. The van der Waals surface area contributed by atoms with Crippen LogP contribution in [0.15, 0.2) is 0 Å². The predicted molar refractivity (Wildman–Crippen MR) is 35.2 cm³/mol. The summed E-state index contributed by atoms with van der Waals surface area (Å²) in [6, 6.07) is 0. The summed E-state index contributed by atoms with van der Waals surface area (Å²) in [5.41, 5.74) is 0. The van der Waals surface area contributed by atoms with Crippen molar-refractivity contribution >= 4 is 0 Å². The van der Waals surface area contributed by atoms with Gasteiger partial charge in [0.1, 0.15) is 0 Å². The van der Waals surface area contributed by atoms with E-state index in [9.17, 15) is 5.11 Å². The average molecular weight is 130 g/mol. The van der Waals surface area contributed by atoms with E-state index < -0.39 is 0 Å². The van der Waals surface area contributed by atoms with Crippen LogP contribution in [0.1, 0.15) is 20.3 Å². The highest BCUT2D eigenvalue weighted by atomic mass is 16.5. The molecule has 1 unspecified atom stereocenters. The van der Waals surface area contributed by atoms with Crippen LogP contribution in [0, 0.1) is 5.92 Å². The molecule has 9 heavy (non-hydrogen) atoms. The lowest BCUT2D eigenvalue weighted by Gasteiger charge is -2.11. The van der Waals surface area contributed by atoms with Crippen molar-refractivity contribution in [1.82, 2.24) is 0 Å². The Morgan fingerprint density at radius 1 is 1.67 bits per heavy atom. The molecule has 1 aliphatic heterocycles. The number of ether oxygens (including phenoxy) is 1. The normalized spacial score (nSPS) is 43.7. The van der Waals surface area contributed by atoms with Crippen molar-refractivity contribution in [1.29, 1.82) is 0 Å². The molecule has 0 saturated carbocycles. The van der Waals surface area contributed by atoms with Gasteiger partial charge in [0, 0.05) is 5.92 Å². The molecule has 0 aromatic carbocycles. The minimum Gasteiger partial charge on any atom is -0.390 e. The molecule has 1 heterocycles. The van der Waals surface area contributed by atoms with E-state index in [0.29, 0.717) is 18.6 Å². The topological polar surface area (TPSA) is 29.5 Å². The first kappa shape index (κ1) is 7.03. The molecule has 1 rings (SSSR count). The fourth-order valence-corrected chi connectivity index (χ4v) is 1.26. The minimum atomic E-state index is -0.227. The maximum absolute atomic E-state index is 9.17. The van der Waals surface area contributed by atoms with Crippen LogP contribution in [0.2, 0.25) is 0 Å². The summed E-state index contributed by atoms with van der Waals surface area (Å²) >= 11 is 0. The van der Waals surface area contributed by atoms with Crippen LogP contribution in [0.25, 0.3) is 0 Å². The quantitative estimate of drug-likeness (QED) is 0.568. The Labute approximate surface area is 55.8 Å². The Bertz CT molecular complexity index is 92.9. The molecule has 1 N–H and O–H groups in total. The molecule has 1 fully saturated rings. The molecule has 3 atom stereocenters. The third-order valence-electron chi connectivity index (χ3n) is 2.08. The van der Waals surface area contributed by atoms with Gasteiger partial charge in [0.15, 0.2) is 0 Å². The van der Waals surface area contributed by atoms with Gasteiger partial charge in [-0.3, -0.25) is 0 Å². The number of hydrogen-bond acceptors (Lipinski definition) is 2. The lowest BCUT2D eigenvalue weighted by Crippen LogP contribution is -2.19. The summed E-state index contributed by atoms with van der Waals surface area (Å²) < 4.78 is 5.28. The molecule has 0 bridgehead atoms. The van der Waals surface area contributed by atoms with Crippen molar-refractivity contribution in [3.63, 3.8) is 0 Å². The van der Waals surface area contributed by atoms with Crippen molar-refractivity contribution in [3.05, 3.63) is 0 Å². The molecule has 1 saturated heterocycles. The molecule has 0 amide bonds. The summed E-state index contributed by atoms with van der Waals surface area (Å²) in [4.78, 5) is 0. The van der Waals surface area contributed by atoms with Gasteiger partial charge in [0.2, 0.25) is 0 Å². The van der Waals surface area contributed by atoms with Crippen LogP contribution < -0.4 is 0 Å². The molecule has 0 aliphatic carbocycles. The number of hydrogen-bond donors (Lipinski definition) is 1. The third kappa shape index (κ3) is 1.25. The minimum absolute atomic E-state index is 0.227. The van der Waals surface area contributed by atoms with Crippen molar-refractivity contribution < 1.29 is 9.84 Å². The van der Waals surface area contributed by atoms with Crippen molar-refractivity contribution in [2.45, 2.75) is 32.5 Å². The molecule has 0 aromatic rings. The number of rotatable bonds is 1. The highest BCUT2D eigenvalue weighted by molar-refractivity contribution is 4.78. The fourth-order valence-electron chi connectivity index (χ4n) is 1.26. The van der Waals surface area contributed by atoms with Gasteiger partial charge < -0.3 is 9.84 Å². The molecule has 2 heteroatoms. The van der Waals surface area contributed by atoms with Crippen LogP contribution in [0.3, 0.4) is 0 Å². The first-order chi connectivity index (χ1) is 4.25. The van der Waals surface area contributed by atoms with E-state index in [-0.39, 0.29) is 6.10 Å². The van der Waals surface area contributed by atoms with Crippen LogP contribution in [-0.4, -0.2) is 23.9 Å². The van der Waals surface area contributed by atoms with Gasteiger partial charge >= 0.3 is 0 Å². The first-order valence-electron chi connectivity index (χ1n) is 3.55. The average Bonchev–Trinajstić information content (AvgIpc) is 2.15. The summed E-state index contributed by atoms with van der Waals surface area (Å²) in [6.07, 6.45) is 1.08. The molecule has 1 aliphatic rings. The Kier molecular flexibility index (Phi) is 2.09. The van der Waals surface area contributed by atoms with Crippen LogP contribution in [0.5, 0.6) is 0 Å². The Hall–Kier alpha value is -0.0800. The summed E-state index contributed by atoms with van der Waals surface area (Å²) in [6.45, 7) is 4.64. The van der Waals surface area contributed by atoms with E-state index in [4.69, 9.17) is 4.74 Å². The van der Waals surface area contributed by atoms with Gasteiger partial charge in [0.25, 0.3) is 0 Å². The molecular weight excluding hydrogens is 116 g/mol. The van der Waals surface area contributed by atoms with Gasteiger partial charge in [-0.1, -0.05) is 13.8 Å². The zero-order chi connectivity index (χ0) is 6.85. The molecular formula is C7H14O2. The Morgan fingerprint density at radius 3 is 2.56 bits per heavy atom. The van der Waals surface area contributed by atoms with Gasteiger partial charge in [-0.05, 0) is 6.42 Å². The molecule has 2 nitrogen and oxygen atoms in total. The van der Waals surface area contributed by atoms with Crippen molar-refractivity contribution in [2.75, 3.05) is 6.61 Å². The van der Waals surface area contributed by atoms with Crippen LogP contribution in [-0.2, 0) is 4.74 Å². The van der Waals surface area contributed by atoms with Crippen molar-refractivity contribution in [2.24, 2.45) is 5.92 Å². The maximum atomic E-state index is 9.17. The van der Waals surface area contributed by atoms with Gasteiger partial charge in [-0.15, -0.1) is 0 Å². The zero-order valence-electron chi connectivity index (χ0n) is 6.00. The van der Waals surface area contributed by atoms with Gasteiger partial charge in [-0.25, -0.2) is 0 Å². The summed E-state index contributed by atoms with van der Waals surface area (Å²) in [5, 5.41) is 9.17. The number of aliphatic hydroxyl groups is 1. The second-order valence-corrected chi connectivity index (χ2v) is 2.71. The molecule has 54 valence electrons. The van der Waals surface area contributed by atoms with Gasteiger partial charge in [-0.2, -0.15) is 0 Å². The van der Waals surface area contributed by atoms with E-state index >= 15 is 0 Å². The zero-order valence-corrected chi connectivity index (χ0v) is 6.00. The smallest absolute Gasteiger partial charge is 0.0823 e. The summed E-state index contributed by atoms with van der Waals surface area (Å²) in [5.74, 6) is 0.329. The molecule has 0 aromatic heterocycles. The van der Waals surface area contributed by atoms with E-state index in [2.05, 4.69) is 6.92 Å². The van der Waals surface area contributed by atoms with Crippen LogP contribution in [0.4, 0.5) is 0 Å². The predicted octanol–water partition coefficient (Wildman–Crippen LogP) is 0.792. The van der Waals surface area contributed by atoms with Crippen molar-refractivity contribution in [3.8, 4) is 0 Å². The van der Waals surface area contributed by atoms with E-state index in [0.717, 1.165) is 6.42 Å². The second-order valence-electron chi connectivity index (χ2n) is 2.71. The SMILES string of the molecule is CC[C@H]1OCC(O)[C@H]1C. The van der Waals surface area contributed by atoms with Gasteiger partial charge in [0.05, 0.1) is 18.8 Å².